The summed E-state index contributed by atoms with van der Waals surface area (Å²) in [6, 6.07) is -0.161. The van der Waals surface area contributed by atoms with E-state index >= 15 is 0 Å². The fourth-order valence-corrected chi connectivity index (χ4v) is 3.88. The minimum Gasteiger partial charge on any atom is -0.512 e. The Morgan fingerprint density at radius 2 is 1.78 bits per heavy atom. The third-order valence-electron chi connectivity index (χ3n) is 6.26. The lowest BCUT2D eigenvalue weighted by Crippen LogP contribution is -2.46. The number of nitrogens with two attached hydrogens (primary N) is 2. The molecule has 7 heteroatoms. The van der Waals surface area contributed by atoms with Gasteiger partial charge in [0.15, 0.2) is 0 Å². The van der Waals surface area contributed by atoms with Crippen molar-refractivity contribution in [1.29, 1.82) is 0 Å². The van der Waals surface area contributed by atoms with Gasteiger partial charge in [0, 0.05) is 17.6 Å². The summed E-state index contributed by atoms with van der Waals surface area (Å²) in [5, 5.41) is 16.2. The Bertz CT molecular complexity index is 864. The predicted molar refractivity (Wildman–Crippen MR) is 154 cm³/mol. The van der Waals surface area contributed by atoms with Gasteiger partial charge in [-0.15, -0.1) is 0 Å². The molecule has 202 valence electrons. The summed E-state index contributed by atoms with van der Waals surface area (Å²) in [4.78, 5) is 14.7. The highest BCUT2D eigenvalue weighted by atomic mass is 16.3. The van der Waals surface area contributed by atoms with Crippen LogP contribution in [0.4, 0.5) is 0 Å². The van der Waals surface area contributed by atoms with Crippen LogP contribution in [0.5, 0.6) is 0 Å². The van der Waals surface area contributed by atoms with Crippen LogP contribution in [-0.2, 0) is 4.79 Å². The molecule has 3 aliphatic rings. The highest BCUT2D eigenvalue weighted by Crippen LogP contribution is 2.52. The van der Waals surface area contributed by atoms with Crippen LogP contribution in [0.15, 0.2) is 77.0 Å². The van der Waals surface area contributed by atoms with Crippen molar-refractivity contribution in [3.8, 4) is 0 Å². The number of nitrogens with zero attached hydrogens (tertiary/aromatic N) is 1. The zero-order chi connectivity index (χ0) is 27.7. The molecule has 1 amide bonds. The molecule has 7 nitrogen and oxygen atoms in total. The summed E-state index contributed by atoms with van der Waals surface area (Å²) in [6.07, 6.45) is 15.1. The van der Waals surface area contributed by atoms with E-state index in [-0.39, 0.29) is 17.7 Å². The van der Waals surface area contributed by atoms with Gasteiger partial charge in [0.2, 0.25) is 0 Å². The van der Waals surface area contributed by atoms with E-state index in [0.29, 0.717) is 5.70 Å². The molecule has 0 aromatic carbocycles. The van der Waals surface area contributed by atoms with Gasteiger partial charge in [0.05, 0.1) is 17.7 Å². The highest BCUT2D eigenvalue weighted by molar-refractivity contribution is 5.95. The number of hydrogen-bond donors (Lipinski definition) is 5. The van der Waals surface area contributed by atoms with Crippen LogP contribution in [0.25, 0.3) is 0 Å². The fraction of sp³-hybridized carbons (Fsp3) is 0.517. The second kappa shape index (κ2) is 17.4. The predicted octanol–water partition coefficient (Wildman–Crippen LogP) is 5.17. The van der Waals surface area contributed by atoms with Crippen molar-refractivity contribution in [2.24, 2.45) is 27.8 Å². The zero-order valence-corrected chi connectivity index (χ0v) is 23.2. The first-order valence-corrected chi connectivity index (χ1v) is 13.1. The van der Waals surface area contributed by atoms with Crippen LogP contribution < -0.4 is 22.1 Å². The Morgan fingerprint density at radius 3 is 2.19 bits per heavy atom. The number of rotatable bonds is 7. The fourth-order valence-electron chi connectivity index (χ4n) is 3.88. The van der Waals surface area contributed by atoms with Gasteiger partial charge in [0.1, 0.15) is 0 Å². The van der Waals surface area contributed by atoms with E-state index in [1.165, 1.54) is 51.2 Å². The molecular formula is C29H49N5O2. The first kappa shape index (κ1) is 32.9. The van der Waals surface area contributed by atoms with Gasteiger partial charge >= 0.3 is 0 Å². The number of aliphatic hydroxyl groups excluding tert-OH is 1. The van der Waals surface area contributed by atoms with Crippen molar-refractivity contribution in [1.82, 2.24) is 10.6 Å². The lowest BCUT2D eigenvalue weighted by atomic mass is 9.83. The quantitative estimate of drug-likeness (QED) is 0.142. The van der Waals surface area contributed by atoms with Crippen LogP contribution in [0, 0.1) is 11.3 Å². The van der Waals surface area contributed by atoms with Crippen LogP contribution in [0.1, 0.15) is 67.2 Å². The smallest absolute Gasteiger partial charge is 0.269 e. The Kier molecular flexibility index (Phi) is 15.9. The summed E-state index contributed by atoms with van der Waals surface area (Å²) < 4.78 is 0. The van der Waals surface area contributed by atoms with Crippen LogP contribution in [0.3, 0.4) is 0 Å². The minimum atomic E-state index is -0.416. The van der Waals surface area contributed by atoms with Gasteiger partial charge in [-0.05, 0) is 93.6 Å². The number of nitrogens with one attached hydrogen (secondary N) is 2. The Morgan fingerprint density at radius 1 is 1.19 bits per heavy atom. The van der Waals surface area contributed by atoms with E-state index < -0.39 is 5.91 Å². The zero-order valence-electron chi connectivity index (χ0n) is 23.2. The lowest BCUT2D eigenvalue weighted by molar-refractivity contribution is -0.113. The molecule has 1 saturated carbocycles. The van der Waals surface area contributed by atoms with Crippen LogP contribution >= 0.6 is 0 Å². The van der Waals surface area contributed by atoms with Crippen molar-refractivity contribution in [2.75, 3.05) is 13.1 Å². The average Bonchev–Trinajstić information content (AvgIpc) is 3.63. The molecule has 2 fully saturated rings. The molecule has 3 rings (SSSR count). The normalized spacial score (nSPS) is 21.0. The first-order valence-electron chi connectivity index (χ1n) is 13.1. The molecule has 2 aliphatic heterocycles. The van der Waals surface area contributed by atoms with Gasteiger partial charge in [-0.2, -0.15) is 0 Å². The number of aliphatic hydroxyl groups is 1. The van der Waals surface area contributed by atoms with Gasteiger partial charge in [0.25, 0.3) is 5.91 Å². The molecule has 0 aromatic rings. The molecule has 36 heavy (non-hydrogen) atoms. The number of carbonyl (C=O) groups is 1. The second-order valence-corrected chi connectivity index (χ2v) is 8.59. The number of amides is 1. The van der Waals surface area contributed by atoms with Crippen molar-refractivity contribution < 1.29 is 9.90 Å². The summed E-state index contributed by atoms with van der Waals surface area (Å²) in [6.45, 7) is 21.1. The van der Waals surface area contributed by atoms with Gasteiger partial charge in [-0.3, -0.25) is 4.79 Å². The Balaban J connectivity index is 0.000000833. The number of hydrogen-bond acceptors (Lipinski definition) is 6. The van der Waals surface area contributed by atoms with Crippen LogP contribution in [-0.4, -0.2) is 36.4 Å². The average molecular weight is 500 g/mol. The van der Waals surface area contributed by atoms with E-state index in [9.17, 15) is 9.90 Å². The SMILES string of the molecule is C1CC2(CCN1)CC2.C=CC(=O)N=C/C=C\C(=C(/C)N)C1NC(C(C)C(=C)O)=C1/C=C\N.CC.CC. The van der Waals surface area contributed by atoms with Gasteiger partial charge in [-0.1, -0.05) is 46.9 Å². The maximum Gasteiger partial charge on any atom is 0.269 e. The van der Waals surface area contributed by atoms with E-state index in [0.717, 1.165) is 28.3 Å². The number of piperidine rings is 1. The van der Waals surface area contributed by atoms with Crippen molar-refractivity contribution in [3.05, 3.63) is 72.0 Å². The first-order chi connectivity index (χ1) is 17.2. The molecule has 1 spiro atoms. The number of carbonyl (C=O) groups excluding carboxylic acids is 1. The molecular weight excluding hydrogens is 450 g/mol. The summed E-state index contributed by atoms with van der Waals surface area (Å²) in [7, 11) is 0. The van der Waals surface area contributed by atoms with Crippen molar-refractivity contribution >= 4 is 12.1 Å². The van der Waals surface area contributed by atoms with E-state index in [1.54, 1.807) is 25.2 Å². The topological polar surface area (TPSA) is 126 Å². The van der Waals surface area contributed by atoms with Gasteiger partial charge in [-0.25, -0.2) is 4.99 Å². The molecule has 7 N–H and O–H groups in total. The number of allylic oxidation sites excluding steroid dienone is 2. The van der Waals surface area contributed by atoms with E-state index in [1.807, 2.05) is 34.6 Å². The summed E-state index contributed by atoms with van der Waals surface area (Å²) in [5.41, 5.74) is 15.6. The van der Waals surface area contributed by atoms with Gasteiger partial charge < -0.3 is 27.2 Å². The molecule has 2 atom stereocenters. The lowest BCUT2D eigenvalue weighted by Gasteiger charge is -2.38. The van der Waals surface area contributed by atoms with Crippen molar-refractivity contribution in [2.45, 2.75) is 73.3 Å². The molecule has 0 bridgehead atoms. The summed E-state index contributed by atoms with van der Waals surface area (Å²) >= 11 is 0. The molecule has 0 aromatic heterocycles. The maximum atomic E-state index is 11.0. The molecule has 0 radical (unpaired) electrons. The molecule has 2 heterocycles. The standard InChI is InChI=1S/C18H24N4O2.C7H13N.2C2H6/c1-5-16(24)21-10-6-7-14(12(3)20)18-15(8-9-19)17(22-18)11(2)13(4)23;1-2-7(1)3-5-8-6-4-7;2*1-2/h5-11,18,22-23H,1,4,19-20H2,2-3H3;8H,1-6H2;2*1-2H3/b7-6-,9-8-,14-12-,21-10?;;;. The molecule has 1 aliphatic carbocycles. The van der Waals surface area contributed by atoms with E-state index in [2.05, 4.69) is 28.8 Å². The van der Waals surface area contributed by atoms with E-state index in [4.69, 9.17) is 11.5 Å². The Labute approximate surface area is 218 Å². The largest absolute Gasteiger partial charge is 0.512 e. The van der Waals surface area contributed by atoms with Crippen LogP contribution in [0.2, 0.25) is 0 Å². The Hall–Kier alpha value is -3.06. The third-order valence-corrected chi connectivity index (χ3v) is 6.26. The minimum absolute atomic E-state index is 0.0690. The monoisotopic (exact) mass is 499 g/mol. The maximum absolute atomic E-state index is 11.0. The summed E-state index contributed by atoms with van der Waals surface area (Å²) in [5.74, 6) is -0.581. The third kappa shape index (κ3) is 10.3. The molecule has 2 unspecified atom stereocenters. The highest BCUT2D eigenvalue weighted by Gasteiger charge is 2.42. The number of aliphatic imine (C=N–C) groups is 1. The van der Waals surface area contributed by atoms with Crippen molar-refractivity contribution in [3.63, 3.8) is 0 Å². The molecule has 1 saturated heterocycles. The second-order valence-electron chi connectivity index (χ2n) is 8.59.